The maximum atomic E-state index is 11.0. The van der Waals surface area contributed by atoms with Gasteiger partial charge in [-0.1, -0.05) is 0 Å². The molecule has 76 valence electrons. The van der Waals surface area contributed by atoms with Crippen molar-refractivity contribution in [2.75, 3.05) is 31.2 Å². The maximum Gasteiger partial charge on any atom is 0.350 e. The number of morpholine rings is 1. The number of rotatable bonds is 1. The molecule has 0 spiro atoms. The number of anilines is 1. The van der Waals surface area contributed by atoms with Crippen LogP contribution in [0.1, 0.15) is 0 Å². The van der Waals surface area contributed by atoms with E-state index in [1.54, 1.807) is 0 Å². The molecule has 7 heteroatoms. The average Bonchev–Trinajstić information content (AvgIpc) is 2.18. The van der Waals surface area contributed by atoms with E-state index in [4.69, 9.17) is 16.3 Å². The molecule has 0 radical (unpaired) electrons. The lowest BCUT2D eigenvalue weighted by Crippen LogP contribution is -2.38. The Morgan fingerprint density at radius 3 is 2.71 bits per heavy atom. The van der Waals surface area contributed by atoms with Crippen LogP contribution in [-0.4, -0.2) is 41.3 Å². The zero-order valence-electron chi connectivity index (χ0n) is 7.36. The van der Waals surface area contributed by atoms with Crippen LogP contribution in [0.4, 0.5) is 5.95 Å². The molecule has 0 saturated carbocycles. The zero-order valence-corrected chi connectivity index (χ0v) is 8.12. The molecule has 0 amide bonds. The lowest BCUT2D eigenvalue weighted by Gasteiger charge is -2.26. The van der Waals surface area contributed by atoms with Crippen molar-refractivity contribution in [1.82, 2.24) is 15.0 Å². The van der Waals surface area contributed by atoms with Crippen LogP contribution < -0.4 is 10.6 Å². The minimum Gasteiger partial charge on any atom is -0.378 e. The molecule has 1 fully saturated rings. The fourth-order valence-corrected chi connectivity index (χ4v) is 1.41. The van der Waals surface area contributed by atoms with Crippen molar-refractivity contribution in [2.45, 2.75) is 0 Å². The molecule has 0 atom stereocenters. The lowest BCUT2D eigenvalue weighted by molar-refractivity contribution is 0.122. The summed E-state index contributed by atoms with van der Waals surface area (Å²) in [7, 11) is 0. The highest BCUT2D eigenvalue weighted by molar-refractivity contribution is 6.28. The van der Waals surface area contributed by atoms with Gasteiger partial charge in [-0.25, -0.2) is 4.79 Å². The van der Waals surface area contributed by atoms with Crippen LogP contribution >= 0.6 is 11.6 Å². The van der Waals surface area contributed by atoms with E-state index in [1.165, 1.54) is 0 Å². The third-order valence-corrected chi connectivity index (χ3v) is 2.08. The normalized spacial score (nSPS) is 17.1. The molecule has 2 rings (SSSR count). The molecular weight excluding hydrogens is 208 g/mol. The smallest absolute Gasteiger partial charge is 0.350 e. The number of hydrogen-bond acceptors (Lipinski definition) is 5. The van der Waals surface area contributed by atoms with Crippen molar-refractivity contribution in [3.63, 3.8) is 0 Å². The predicted molar refractivity (Wildman–Crippen MR) is 50.7 cm³/mol. The van der Waals surface area contributed by atoms with Crippen LogP contribution in [0.15, 0.2) is 4.79 Å². The molecule has 0 bridgehead atoms. The van der Waals surface area contributed by atoms with Crippen molar-refractivity contribution in [3.05, 3.63) is 15.8 Å². The Morgan fingerprint density at radius 2 is 2.07 bits per heavy atom. The third-order valence-electron chi connectivity index (χ3n) is 1.90. The van der Waals surface area contributed by atoms with Gasteiger partial charge in [-0.2, -0.15) is 9.97 Å². The quantitative estimate of drug-likeness (QED) is 0.695. The van der Waals surface area contributed by atoms with Gasteiger partial charge in [0.25, 0.3) is 0 Å². The SMILES string of the molecule is O=c1nc(N2CCOCC2)nc(Cl)[nH]1. The molecule has 1 N–H and O–H groups in total. The molecule has 1 aliphatic rings. The fourth-order valence-electron chi connectivity index (χ4n) is 1.25. The molecular formula is C7H9ClN4O2. The first-order valence-corrected chi connectivity index (χ1v) is 4.60. The van der Waals surface area contributed by atoms with Gasteiger partial charge in [0.15, 0.2) is 0 Å². The molecule has 1 saturated heterocycles. The Morgan fingerprint density at radius 1 is 1.36 bits per heavy atom. The van der Waals surface area contributed by atoms with Crippen LogP contribution in [-0.2, 0) is 4.74 Å². The highest BCUT2D eigenvalue weighted by Gasteiger charge is 2.14. The molecule has 0 aliphatic carbocycles. The van der Waals surface area contributed by atoms with E-state index in [1.807, 2.05) is 4.90 Å². The molecule has 1 aromatic heterocycles. The number of nitrogens with zero attached hydrogens (tertiary/aromatic N) is 3. The number of hydrogen-bond donors (Lipinski definition) is 1. The summed E-state index contributed by atoms with van der Waals surface area (Å²) in [5, 5.41) is 0.0616. The van der Waals surface area contributed by atoms with Gasteiger partial charge in [-0.3, -0.25) is 4.98 Å². The van der Waals surface area contributed by atoms with E-state index in [9.17, 15) is 4.79 Å². The minimum atomic E-state index is -0.480. The first kappa shape index (κ1) is 9.42. The largest absolute Gasteiger partial charge is 0.378 e. The molecule has 6 nitrogen and oxygen atoms in total. The van der Waals surface area contributed by atoms with Gasteiger partial charge in [0.05, 0.1) is 13.2 Å². The van der Waals surface area contributed by atoms with Crippen molar-refractivity contribution >= 4 is 17.5 Å². The number of aromatic amines is 1. The molecule has 14 heavy (non-hydrogen) atoms. The highest BCUT2D eigenvalue weighted by Crippen LogP contribution is 2.08. The number of ether oxygens (including phenoxy) is 1. The zero-order chi connectivity index (χ0) is 9.97. The van der Waals surface area contributed by atoms with Gasteiger partial charge in [0.1, 0.15) is 0 Å². The Labute approximate surface area is 84.9 Å². The molecule has 1 aromatic rings. The van der Waals surface area contributed by atoms with Crippen LogP contribution in [0.25, 0.3) is 0 Å². The summed E-state index contributed by atoms with van der Waals surface area (Å²) in [5.41, 5.74) is -0.480. The van der Waals surface area contributed by atoms with Gasteiger partial charge < -0.3 is 9.64 Å². The second-order valence-corrected chi connectivity index (χ2v) is 3.20. The monoisotopic (exact) mass is 216 g/mol. The first-order chi connectivity index (χ1) is 6.75. The molecule has 1 aliphatic heterocycles. The fraction of sp³-hybridized carbons (Fsp3) is 0.571. The third kappa shape index (κ3) is 2.02. The maximum absolute atomic E-state index is 11.0. The summed E-state index contributed by atoms with van der Waals surface area (Å²) in [4.78, 5) is 22.8. The van der Waals surface area contributed by atoms with Crippen LogP contribution in [0.2, 0.25) is 5.28 Å². The standard InChI is InChI=1S/C7H9ClN4O2/c8-5-9-6(11-7(13)10-5)12-1-3-14-4-2-12/h1-4H2,(H,9,10,11,13). The number of halogens is 1. The molecule has 0 unspecified atom stereocenters. The second-order valence-electron chi connectivity index (χ2n) is 2.84. The Kier molecular flexibility index (Phi) is 2.64. The van der Waals surface area contributed by atoms with Gasteiger partial charge >= 0.3 is 5.69 Å². The first-order valence-electron chi connectivity index (χ1n) is 4.22. The summed E-state index contributed by atoms with van der Waals surface area (Å²) >= 11 is 5.60. The lowest BCUT2D eigenvalue weighted by atomic mass is 10.4. The Bertz CT molecular complexity index is 374. The van der Waals surface area contributed by atoms with Crippen LogP contribution in [0.5, 0.6) is 0 Å². The Hall–Kier alpha value is -1.14. The Balaban J connectivity index is 2.26. The summed E-state index contributed by atoms with van der Waals surface area (Å²) in [5.74, 6) is 0.363. The number of nitrogens with one attached hydrogen (secondary N) is 1. The second kappa shape index (κ2) is 3.93. The van der Waals surface area contributed by atoms with Gasteiger partial charge in [0.2, 0.25) is 11.2 Å². The predicted octanol–water partition coefficient (Wildman–Crippen LogP) is -0.345. The molecule has 0 aromatic carbocycles. The summed E-state index contributed by atoms with van der Waals surface area (Å²) in [6.07, 6.45) is 0. The number of H-pyrrole nitrogens is 1. The summed E-state index contributed by atoms with van der Waals surface area (Å²) in [6.45, 7) is 2.60. The van der Waals surface area contributed by atoms with Gasteiger partial charge in [-0.15, -0.1) is 0 Å². The van der Waals surface area contributed by atoms with E-state index in [-0.39, 0.29) is 5.28 Å². The van der Waals surface area contributed by atoms with Crippen molar-refractivity contribution in [1.29, 1.82) is 0 Å². The van der Waals surface area contributed by atoms with Crippen molar-refractivity contribution in [3.8, 4) is 0 Å². The van der Waals surface area contributed by atoms with Gasteiger partial charge in [-0.05, 0) is 11.6 Å². The molecule has 2 heterocycles. The van der Waals surface area contributed by atoms with E-state index in [2.05, 4.69) is 15.0 Å². The highest BCUT2D eigenvalue weighted by atomic mass is 35.5. The average molecular weight is 217 g/mol. The van der Waals surface area contributed by atoms with Crippen LogP contribution in [0.3, 0.4) is 0 Å². The van der Waals surface area contributed by atoms with Crippen molar-refractivity contribution in [2.24, 2.45) is 0 Å². The summed E-state index contributed by atoms with van der Waals surface area (Å²) < 4.78 is 5.17. The van der Waals surface area contributed by atoms with E-state index < -0.39 is 5.69 Å². The van der Waals surface area contributed by atoms with E-state index in [0.29, 0.717) is 32.3 Å². The van der Waals surface area contributed by atoms with Gasteiger partial charge in [0, 0.05) is 13.1 Å². The number of aromatic nitrogens is 3. The van der Waals surface area contributed by atoms with E-state index in [0.717, 1.165) is 0 Å². The topological polar surface area (TPSA) is 71.1 Å². The van der Waals surface area contributed by atoms with Crippen molar-refractivity contribution < 1.29 is 4.74 Å². The summed E-state index contributed by atoms with van der Waals surface area (Å²) in [6, 6.07) is 0. The minimum absolute atomic E-state index is 0.0616. The van der Waals surface area contributed by atoms with E-state index >= 15 is 0 Å². The van der Waals surface area contributed by atoms with Crippen LogP contribution in [0, 0.1) is 0 Å².